The summed E-state index contributed by atoms with van der Waals surface area (Å²) in [5.74, 6) is 2.06. The second-order valence-corrected chi connectivity index (χ2v) is 2.85. The Morgan fingerprint density at radius 2 is 2.31 bits per heavy atom. The normalized spacial score (nSPS) is 9.69. The van der Waals surface area contributed by atoms with E-state index in [0.717, 1.165) is 17.9 Å². The van der Waals surface area contributed by atoms with Crippen molar-refractivity contribution in [1.82, 2.24) is 0 Å². The molecular weight excluding hydrogens is 188 g/mol. The van der Waals surface area contributed by atoms with E-state index in [9.17, 15) is 0 Å². The average Bonchev–Trinajstić information content (AvgIpc) is 2.19. The predicted octanol–water partition coefficient (Wildman–Crippen LogP) is 2.50. The van der Waals surface area contributed by atoms with Crippen LogP contribution in [0, 0.1) is 6.07 Å². The van der Waals surface area contributed by atoms with Gasteiger partial charge in [0.25, 0.3) is 0 Å². The molecule has 0 saturated heterocycles. The maximum atomic E-state index is 5.52. The average molecular weight is 200 g/mol. The van der Waals surface area contributed by atoms with Crippen molar-refractivity contribution in [1.29, 1.82) is 0 Å². The third kappa shape index (κ3) is 3.15. The Morgan fingerprint density at radius 1 is 1.46 bits per heavy atom. The molecule has 0 bridgehead atoms. The zero-order valence-corrected chi connectivity index (χ0v) is 8.30. The van der Waals surface area contributed by atoms with E-state index in [0.29, 0.717) is 12.5 Å². The van der Waals surface area contributed by atoms with Gasteiger partial charge in [-0.2, -0.15) is 0 Å². The van der Waals surface area contributed by atoms with E-state index in [1.165, 1.54) is 0 Å². The fraction of sp³-hybridized carbons (Fsp3) is 0.400. The van der Waals surface area contributed by atoms with Gasteiger partial charge in [-0.1, -0.05) is 6.07 Å². The van der Waals surface area contributed by atoms with Crippen molar-refractivity contribution in [3.8, 4) is 11.5 Å². The molecule has 1 aromatic rings. The summed E-state index contributed by atoms with van der Waals surface area (Å²) in [7, 11) is 1.61. The van der Waals surface area contributed by atoms with Crippen LogP contribution in [0.4, 0.5) is 0 Å². The fourth-order valence-corrected chi connectivity index (χ4v) is 1.03. The Hall–Kier alpha value is -0.890. The quantitative estimate of drug-likeness (QED) is 0.536. The monoisotopic (exact) mass is 199 g/mol. The summed E-state index contributed by atoms with van der Waals surface area (Å²) in [6, 6.07) is 8.28. The summed E-state index contributed by atoms with van der Waals surface area (Å²) >= 11 is 5.52. The van der Waals surface area contributed by atoms with Gasteiger partial charge in [-0.15, -0.1) is 11.6 Å². The Morgan fingerprint density at radius 3 is 3.00 bits per heavy atom. The summed E-state index contributed by atoms with van der Waals surface area (Å²) in [6.07, 6.45) is 0.833. The first-order chi connectivity index (χ1) is 6.38. The maximum absolute atomic E-state index is 5.52. The third-order valence-corrected chi connectivity index (χ3v) is 1.81. The van der Waals surface area contributed by atoms with E-state index in [1.54, 1.807) is 19.2 Å². The number of halogens is 1. The zero-order valence-electron chi connectivity index (χ0n) is 7.55. The smallest absolute Gasteiger partial charge is 0.161 e. The van der Waals surface area contributed by atoms with Crippen LogP contribution in [0.15, 0.2) is 18.2 Å². The molecule has 2 nitrogen and oxygen atoms in total. The van der Waals surface area contributed by atoms with Crippen LogP contribution in [0.2, 0.25) is 0 Å². The summed E-state index contributed by atoms with van der Waals surface area (Å²) in [4.78, 5) is 0. The zero-order chi connectivity index (χ0) is 9.52. The molecule has 0 spiro atoms. The van der Waals surface area contributed by atoms with Crippen LogP contribution in [-0.2, 0) is 0 Å². The van der Waals surface area contributed by atoms with Crippen LogP contribution in [0.3, 0.4) is 0 Å². The number of alkyl halides is 1. The van der Waals surface area contributed by atoms with Crippen LogP contribution in [0.5, 0.6) is 11.5 Å². The molecule has 0 atom stereocenters. The number of ether oxygens (including phenoxy) is 2. The Balaban J connectivity index is 2.54. The second kappa shape index (κ2) is 5.70. The van der Waals surface area contributed by atoms with E-state index >= 15 is 0 Å². The van der Waals surface area contributed by atoms with Gasteiger partial charge in [-0.25, -0.2) is 0 Å². The van der Waals surface area contributed by atoms with Gasteiger partial charge >= 0.3 is 0 Å². The molecule has 3 heteroatoms. The van der Waals surface area contributed by atoms with Crippen LogP contribution in [-0.4, -0.2) is 19.6 Å². The minimum Gasteiger partial charge on any atom is -0.493 e. The molecule has 0 unspecified atom stereocenters. The standard InChI is InChI=1S/C10H12ClO2/c1-12-9-5-2-3-6-10(9)13-8-4-7-11/h2,5-6H,4,7-8H2,1H3. The van der Waals surface area contributed by atoms with Gasteiger partial charge in [0, 0.05) is 5.88 Å². The number of methoxy groups -OCH3 is 1. The molecule has 0 heterocycles. The fourth-order valence-electron chi connectivity index (χ4n) is 0.919. The lowest BCUT2D eigenvalue weighted by molar-refractivity contribution is 0.295. The van der Waals surface area contributed by atoms with E-state index in [-0.39, 0.29) is 0 Å². The van der Waals surface area contributed by atoms with E-state index in [1.807, 2.05) is 6.07 Å². The number of hydrogen-bond acceptors (Lipinski definition) is 2. The number of benzene rings is 1. The third-order valence-electron chi connectivity index (χ3n) is 1.54. The van der Waals surface area contributed by atoms with Gasteiger partial charge in [0.2, 0.25) is 0 Å². The topological polar surface area (TPSA) is 18.5 Å². The highest BCUT2D eigenvalue weighted by atomic mass is 35.5. The molecule has 0 aliphatic rings. The first-order valence-corrected chi connectivity index (χ1v) is 4.64. The minimum absolute atomic E-state index is 0.609. The molecule has 13 heavy (non-hydrogen) atoms. The molecule has 0 aromatic heterocycles. The second-order valence-electron chi connectivity index (χ2n) is 2.47. The summed E-state index contributed by atoms with van der Waals surface area (Å²) < 4.78 is 10.5. The van der Waals surface area contributed by atoms with Crippen molar-refractivity contribution in [3.63, 3.8) is 0 Å². The lowest BCUT2D eigenvalue weighted by Crippen LogP contribution is -1.99. The number of rotatable bonds is 5. The highest BCUT2D eigenvalue weighted by Crippen LogP contribution is 2.25. The molecule has 0 saturated carbocycles. The Bertz CT molecular complexity index is 250. The molecule has 0 amide bonds. The van der Waals surface area contributed by atoms with Crippen LogP contribution >= 0.6 is 11.6 Å². The van der Waals surface area contributed by atoms with Gasteiger partial charge in [-0.05, 0) is 24.6 Å². The molecule has 0 aliphatic heterocycles. The van der Waals surface area contributed by atoms with Crippen molar-refractivity contribution in [2.75, 3.05) is 19.6 Å². The molecule has 71 valence electrons. The molecule has 1 rings (SSSR count). The molecule has 0 N–H and O–H groups in total. The van der Waals surface area contributed by atoms with Gasteiger partial charge in [0.15, 0.2) is 11.5 Å². The Labute approximate surface area is 83.4 Å². The van der Waals surface area contributed by atoms with Crippen LogP contribution in [0.1, 0.15) is 6.42 Å². The Kier molecular flexibility index (Phi) is 4.47. The van der Waals surface area contributed by atoms with Crippen molar-refractivity contribution in [2.24, 2.45) is 0 Å². The highest BCUT2D eigenvalue weighted by Gasteiger charge is 2.00. The van der Waals surface area contributed by atoms with E-state index in [4.69, 9.17) is 21.1 Å². The predicted molar refractivity (Wildman–Crippen MR) is 52.7 cm³/mol. The van der Waals surface area contributed by atoms with Crippen LogP contribution in [0.25, 0.3) is 0 Å². The van der Waals surface area contributed by atoms with Crippen molar-refractivity contribution >= 4 is 11.6 Å². The van der Waals surface area contributed by atoms with E-state index in [2.05, 4.69) is 6.07 Å². The van der Waals surface area contributed by atoms with Crippen LogP contribution < -0.4 is 9.47 Å². The largest absolute Gasteiger partial charge is 0.493 e. The molecular formula is C10H12ClO2. The first kappa shape index (κ1) is 10.2. The maximum Gasteiger partial charge on any atom is 0.161 e. The summed E-state index contributed by atoms with van der Waals surface area (Å²) in [5, 5.41) is 0. The molecule has 0 fully saturated rings. The van der Waals surface area contributed by atoms with Crippen molar-refractivity contribution in [2.45, 2.75) is 6.42 Å². The number of hydrogen-bond donors (Lipinski definition) is 0. The van der Waals surface area contributed by atoms with Crippen molar-refractivity contribution in [3.05, 3.63) is 24.3 Å². The van der Waals surface area contributed by atoms with Gasteiger partial charge < -0.3 is 9.47 Å². The molecule has 0 aliphatic carbocycles. The lowest BCUT2D eigenvalue weighted by Gasteiger charge is -2.08. The SMILES string of the molecule is COc1cc[c]cc1OCCCCl. The van der Waals surface area contributed by atoms with Gasteiger partial charge in [-0.3, -0.25) is 0 Å². The van der Waals surface area contributed by atoms with E-state index < -0.39 is 0 Å². The summed E-state index contributed by atoms with van der Waals surface area (Å²) in [5.41, 5.74) is 0. The minimum atomic E-state index is 0.609. The molecule has 1 aromatic carbocycles. The highest BCUT2D eigenvalue weighted by molar-refractivity contribution is 6.17. The lowest BCUT2D eigenvalue weighted by atomic mass is 10.3. The molecule has 1 radical (unpaired) electrons. The first-order valence-electron chi connectivity index (χ1n) is 4.11. The van der Waals surface area contributed by atoms with Gasteiger partial charge in [0.05, 0.1) is 13.7 Å². The van der Waals surface area contributed by atoms with Crippen molar-refractivity contribution < 1.29 is 9.47 Å². The summed E-state index contributed by atoms with van der Waals surface area (Å²) in [6.45, 7) is 0.609. The van der Waals surface area contributed by atoms with Gasteiger partial charge in [0.1, 0.15) is 0 Å².